The van der Waals surface area contributed by atoms with E-state index in [1.165, 1.54) is 23.1 Å². The molecule has 1 aliphatic rings. The number of amidine groups is 1. The fraction of sp³-hybridized carbons (Fsp3) is 0.333. The van der Waals surface area contributed by atoms with Crippen molar-refractivity contribution in [1.82, 2.24) is 9.88 Å². The highest BCUT2D eigenvalue weighted by Crippen LogP contribution is 2.35. The summed E-state index contributed by atoms with van der Waals surface area (Å²) in [4.78, 5) is 35.3. The Morgan fingerprint density at radius 1 is 1.40 bits per heavy atom. The van der Waals surface area contributed by atoms with Gasteiger partial charge in [-0.05, 0) is 55.3 Å². The first kappa shape index (κ1) is 22.0. The van der Waals surface area contributed by atoms with E-state index >= 15 is 0 Å². The molecule has 0 saturated carbocycles. The Bertz CT molecular complexity index is 1000. The van der Waals surface area contributed by atoms with Crippen LogP contribution in [0.25, 0.3) is 6.08 Å². The van der Waals surface area contributed by atoms with Crippen LogP contribution in [0.15, 0.2) is 39.5 Å². The van der Waals surface area contributed by atoms with E-state index in [0.717, 1.165) is 17.7 Å². The number of thioether (sulfide) groups is 1. The molecule has 1 fully saturated rings. The molecule has 3 rings (SSSR count). The van der Waals surface area contributed by atoms with Crippen molar-refractivity contribution in [2.75, 3.05) is 6.54 Å². The van der Waals surface area contributed by atoms with Crippen molar-refractivity contribution in [1.29, 1.82) is 0 Å². The molecule has 1 N–H and O–H groups in total. The van der Waals surface area contributed by atoms with Gasteiger partial charge in [0.05, 0.1) is 10.6 Å². The standard InChI is InChI=1S/C21H23N3O4S2/c1-4-9-24-18(25)17(30-21(24)23-20-22-13(3)12-29-20)11-14-7-6-8-15(10-14)28-16(5-2)19(26)27/h6-8,10-12,16H,4-5,9H2,1-3H3,(H,26,27)/b17-11+,23-21+. The molecule has 0 bridgehead atoms. The summed E-state index contributed by atoms with van der Waals surface area (Å²) in [5.74, 6) is -0.653. The Morgan fingerprint density at radius 2 is 2.20 bits per heavy atom. The maximum atomic E-state index is 12.9. The first-order chi connectivity index (χ1) is 14.4. The van der Waals surface area contributed by atoms with Crippen molar-refractivity contribution in [2.45, 2.75) is 39.7 Å². The third kappa shape index (κ3) is 5.28. The highest BCUT2D eigenvalue weighted by molar-refractivity contribution is 8.18. The topological polar surface area (TPSA) is 92.1 Å². The van der Waals surface area contributed by atoms with E-state index in [4.69, 9.17) is 4.74 Å². The predicted molar refractivity (Wildman–Crippen MR) is 120 cm³/mol. The van der Waals surface area contributed by atoms with E-state index in [-0.39, 0.29) is 5.91 Å². The van der Waals surface area contributed by atoms with Crippen molar-refractivity contribution in [2.24, 2.45) is 4.99 Å². The van der Waals surface area contributed by atoms with Crippen LogP contribution in [-0.2, 0) is 9.59 Å². The quantitative estimate of drug-likeness (QED) is 0.592. The number of benzene rings is 1. The highest BCUT2D eigenvalue weighted by atomic mass is 32.2. The molecule has 158 valence electrons. The maximum absolute atomic E-state index is 12.9. The van der Waals surface area contributed by atoms with Gasteiger partial charge in [0, 0.05) is 11.9 Å². The van der Waals surface area contributed by atoms with Gasteiger partial charge < -0.3 is 9.84 Å². The smallest absolute Gasteiger partial charge is 0.344 e. The number of carboxylic acids is 1. The molecule has 7 nitrogen and oxygen atoms in total. The number of carbonyl (C=O) groups is 2. The van der Waals surface area contributed by atoms with Crippen LogP contribution in [0.3, 0.4) is 0 Å². The summed E-state index contributed by atoms with van der Waals surface area (Å²) in [6.07, 6.45) is 2.04. The van der Waals surface area contributed by atoms with Crippen molar-refractivity contribution in [3.05, 3.63) is 45.8 Å². The molecule has 30 heavy (non-hydrogen) atoms. The number of hydrogen-bond acceptors (Lipinski definition) is 7. The number of aliphatic imine (C=N–C) groups is 1. The van der Waals surface area contributed by atoms with Crippen molar-refractivity contribution in [3.63, 3.8) is 0 Å². The van der Waals surface area contributed by atoms with E-state index in [1.807, 2.05) is 25.3 Å². The van der Waals surface area contributed by atoms with Crippen LogP contribution in [0.5, 0.6) is 5.75 Å². The van der Waals surface area contributed by atoms with Crippen molar-refractivity contribution in [3.8, 4) is 5.75 Å². The second kappa shape index (κ2) is 9.90. The third-order valence-electron chi connectivity index (χ3n) is 4.21. The molecule has 1 unspecified atom stereocenters. The van der Waals surface area contributed by atoms with Gasteiger partial charge in [0.1, 0.15) is 5.75 Å². The van der Waals surface area contributed by atoms with Crippen LogP contribution in [-0.4, -0.2) is 44.7 Å². The summed E-state index contributed by atoms with van der Waals surface area (Å²) >= 11 is 2.76. The molecule has 1 saturated heterocycles. The summed E-state index contributed by atoms with van der Waals surface area (Å²) < 4.78 is 5.56. The predicted octanol–water partition coefficient (Wildman–Crippen LogP) is 4.71. The summed E-state index contributed by atoms with van der Waals surface area (Å²) in [5.41, 5.74) is 1.65. The molecule has 2 aromatic rings. The average Bonchev–Trinajstić information content (AvgIpc) is 3.24. The molecule has 0 radical (unpaired) electrons. The van der Waals surface area contributed by atoms with Crippen LogP contribution >= 0.6 is 23.1 Å². The van der Waals surface area contributed by atoms with Gasteiger partial charge in [-0.1, -0.05) is 26.0 Å². The third-order valence-corrected chi connectivity index (χ3v) is 6.07. The van der Waals surface area contributed by atoms with Crippen LogP contribution in [0.2, 0.25) is 0 Å². The number of hydrogen-bond donors (Lipinski definition) is 1. The molecular weight excluding hydrogens is 422 g/mol. The maximum Gasteiger partial charge on any atom is 0.344 e. The lowest BCUT2D eigenvalue weighted by molar-refractivity contribution is -0.145. The van der Waals surface area contributed by atoms with Gasteiger partial charge in [-0.2, -0.15) is 4.99 Å². The fourth-order valence-corrected chi connectivity index (χ4v) is 4.52. The van der Waals surface area contributed by atoms with Crippen LogP contribution in [0.1, 0.15) is 37.9 Å². The molecule has 9 heteroatoms. The number of carbonyl (C=O) groups excluding carboxylic acids is 1. The SMILES string of the molecule is CCCN1C(=O)/C(=C\c2cccc(OC(CC)C(=O)O)c2)S/C1=N/c1nc(C)cs1. The fourth-order valence-electron chi connectivity index (χ4n) is 2.79. The number of ether oxygens (including phenoxy) is 1. The monoisotopic (exact) mass is 445 g/mol. The Hall–Kier alpha value is -2.65. The zero-order chi connectivity index (χ0) is 21.7. The van der Waals surface area contributed by atoms with E-state index in [0.29, 0.717) is 33.9 Å². The minimum absolute atomic E-state index is 0.0998. The minimum atomic E-state index is -1.00. The van der Waals surface area contributed by atoms with Crippen molar-refractivity contribution < 1.29 is 19.4 Å². The molecule has 1 atom stereocenters. The number of aliphatic carboxylic acids is 1. The number of amides is 1. The Labute approximate surface area is 183 Å². The first-order valence-corrected chi connectivity index (χ1v) is 11.3. The number of rotatable bonds is 8. The zero-order valence-electron chi connectivity index (χ0n) is 17.0. The normalized spacial score (nSPS) is 17.7. The zero-order valence-corrected chi connectivity index (χ0v) is 18.6. The molecule has 0 spiro atoms. The number of thiazole rings is 1. The lowest BCUT2D eigenvalue weighted by Gasteiger charge is -2.13. The molecular formula is C21H23N3O4S2. The van der Waals surface area contributed by atoms with Gasteiger partial charge in [-0.15, -0.1) is 11.3 Å². The Morgan fingerprint density at radius 3 is 2.83 bits per heavy atom. The minimum Gasteiger partial charge on any atom is -0.479 e. The number of aryl methyl sites for hydroxylation is 1. The van der Waals surface area contributed by atoms with E-state index in [1.54, 1.807) is 36.1 Å². The largest absolute Gasteiger partial charge is 0.479 e. The molecule has 0 aliphatic carbocycles. The average molecular weight is 446 g/mol. The van der Waals surface area contributed by atoms with E-state index in [2.05, 4.69) is 9.98 Å². The van der Waals surface area contributed by atoms with Crippen molar-refractivity contribution >= 4 is 51.4 Å². The second-order valence-corrected chi connectivity index (χ2v) is 8.50. The number of aromatic nitrogens is 1. The van der Waals surface area contributed by atoms with Crippen LogP contribution in [0.4, 0.5) is 5.13 Å². The number of carboxylic acid groups (broad SMARTS) is 1. The molecule has 2 heterocycles. The van der Waals surface area contributed by atoms with Gasteiger partial charge >= 0.3 is 5.97 Å². The Balaban J connectivity index is 1.86. The lowest BCUT2D eigenvalue weighted by Crippen LogP contribution is -2.29. The van der Waals surface area contributed by atoms with Gasteiger partial charge in [-0.3, -0.25) is 9.69 Å². The van der Waals surface area contributed by atoms with Crippen LogP contribution in [0, 0.1) is 6.92 Å². The lowest BCUT2D eigenvalue weighted by atomic mass is 10.2. The summed E-state index contributed by atoms with van der Waals surface area (Å²) in [6.45, 7) is 6.25. The molecule has 1 amide bonds. The van der Waals surface area contributed by atoms with Gasteiger partial charge in [0.25, 0.3) is 5.91 Å². The molecule has 1 aromatic carbocycles. The van der Waals surface area contributed by atoms with Gasteiger partial charge in [0.15, 0.2) is 11.3 Å². The summed E-state index contributed by atoms with van der Waals surface area (Å²) in [6, 6.07) is 7.06. The second-order valence-electron chi connectivity index (χ2n) is 6.66. The van der Waals surface area contributed by atoms with Crippen LogP contribution < -0.4 is 4.74 Å². The Kier molecular flexibility index (Phi) is 7.28. The summed E-state index contributed by atoms with van der Waals surface area (Å²) in [5, 5.41) is 12.4. The van der Waals surface area contributed by atoms with E-state index < -0.39 is 12.1 Å². The highest BCUT2D eigenvalue weighted by Gasteiger charge is 2.33. The van der Waals surface area contributed by atoms with E-state index in [9.17, 15) is 14.7 Å². The molecule has 1 aromatic heterocycles. The van der Waals surface area contributed by atoms with Gasteiger partial charge in [0.2, 0.25) is 5.13 Å². The summed E-state index contributed by atoms with van der Waals surface area (Å²) in [7, 11) is 0. The number of nitrogens with zero attached hydrogens (tertiary/aromatic N) is 3. The first-order valence-electron chi connectivity index (χ1n) is 9.63. The molecule has 1 aliphatic heterocycles. The van der Waals surface area contributed by atoms with Gasteiger partial charge in [-0.25, -0.2) is 9.78 Å².